The topological polar surface area (TPSA) is 86.3 Å². The van der Waals surface area contributed by atoms with E-state index in [9.17, 15) is 20.2 Å². The third kappa shape index (κ3) is 1.29. The fourth-order valence-corrected chi connectivity index (χ4v) is 5.33. The van der Waals surface area contributed by atoms with Gasteiger partial charge in [0.25, 0.3) is 0 Å². The maximum Gasteiger partial charge on any atom is 0.229 e. The van der Waals surface area contributed by atoms with E-state index in [-0.39, 0.29) is 27.6 Å². The maximum absolute atomic E-state index is 11.5. The Morgan fingerprint density at radius 3 is 1.89 bits per heavy atom. The summed E-state index contributed by atoms with van der Waals surface area (Å²) in [6, 6.07) is 0. The monoisotopic (exact) mass is 254 g/mol. The molecule has 0 N–H and O–H groups in total. The first-order valence-corrected chi connectivity index (χ1v) is 6.64. The minimum Gasteiger partial charge on any atom is -0.264 e. The van der Waals surface area contributed by atoms with Gasteiger partial charge in [0.05, 0.1) is 6.42 Å². The second-order valence-electron chi connectivity index (χ2n) is 6.83. The fraction of sp³-hybridized carbons (Fsp3) is 1.00. The first-order valence-electron chi connectivity index (χ1n) is 6.64. The van der Waals surface area contributed by atoms with E-state index in [1.165, 1.54) is 0 Å². The molecule has 0 aromatic carbocycles. The molecule has 0 aromatic heterocycles. The highest BCUT2D eigenvalue weighted by atomic mass is 16.6. The lowest BCUT2D eigenvalue weighted by Gasteiger charge is -2.58. The largest absolute Gasteiger partial charge is 0.264 e. The van der Waals surface area contributed by atoms with Crippen LogP contribution in [0.5, 0.6) is 0 Å². The minimum absolute atomic E-state index is 0.151. The SMILES string of the molecule is CCC12CC3CC([N+](=O)[O-])(C1)CC([N+](=O)[O-])(C3)C2. The quantitative estimate of drug-likeness (QED) is 0.571. The van der Waals surface area contributed by atoms with Crippen LogP contribution in [-0.4, -0.2) is 20.9 Å². The summed E-state index contributed by atoms with van der Waals surface area (Å²) in [4.78, 5) is 22.5. The number of hydrogen-bond donors (Lipinski definition) is 0. The van der Waals surface area contributed by atoms with Crippen LogP contribution in [0.2, 0.25) is 0 Å². The van der Waals surface area contributed by atoms with E-state index < -0.39 is 11.1 Å². The normalized spacial score (nSPS) is 49.3. The second-order valence-corrected chi connectivity index (χ2v) is 6.83. The van der Waals surface area contributed by atoms with E-state index in [2.05, 4.69) is 0 Å². The Morgan fingerprint density at radius 1 is 1.00 bits per heavy atom. The summed E-state index contributed by atoms with van der Waals surface area (Å²) in [7, 11) is 0. The van der Waals surface area contributed by atoms with Crippen molar-refractivity contribution in [2.75, 3.05) is 0 Å². The fourth-order valence-electron chi connectivity index (χ4n) is 5.33. The third-order valence-electron chi connectivity index (χ3n) is 5.65. The van der Waals surface area contributed by atoms with E-state index in [4.69, 9.17) is 0 Å². The highest BCUT2D eigenvalue weighted by Crippen LogP contribution is 2.65. The number of rotatable bonds is 3. The minimum atomic E-state index is -1.01. The molecule has 4 fully saturated rings. The average Bonchev–Trinajstić information content (AvgIpc) is 2.27. The van der Waals surface area contributed by atoms with Crippen LogP contribution < -0.4 is 0 Å². The van der Waals surface area contributed by atoms with Crippen molar-refractivity contribution in [3.8, 4) is 0 Å². The molecule has 0 aliphatic heterocycles. The molecule has 4 aliphatic carbocycles. The van der Waals surface area contributed by atoms with Crippen LogP contribution in [0.15, 0.2) is 0 Å². The molecule has 2 unspecified atom stereocenters. The van der Waals surface area contributed by atoms with Gasteiger partial charge < -0.3 is 0 Å². The molecule has 0 saturated heterocycles. The van der Waals surface area contributed by atoms with Crippen molar-refractivity contribution in [3.05, 3.63) is 20.2 Å². The zero-order valence-electron chi connectivity index (χ0n) is 10.6. The van der Waals surface area contributed by atoms with Crippen LogP contribution in [0.4, 0.5) is 0 Å². The predicted molar refractivity (Wildman–Crippen MR) is 63.4 cm³/mol. The van der Waals surface area contributed by atoms with Gasteiger partial charge in [-0.2, -0.15) is 0 Å². The lowest BCUT2D eigenvalue weighted by molar-refractivity contribution is -0.648. The van der Waals surface area contributed by atoms with Gasteiger partial charge in [-0.1, -0.05) is 6.92 Å². The summed E-state index contributed by atoms with van der Waals surface area (Å²) in [6.07, 6.45) is 4.14. The molecular formula is C12H18N2O4. The van der Waals surface area contributed by atoms with Crippen LogP contribution in [0.3, 0.4) is 0 Å². The lowest BCUT2D eigenvalue weighted by Crippen LogP contribution is -2.67. The lowest BCUT2D eigenvalue weighted by atomic mass is 9.44. The number of hydrogen-bond acceptors (Lipinski definition) is 4. The molecule has 2 atom stereocenters. The Bertz CT molecular complexity index is 406. The molecule has 6 heteroatoms. The Kier molecular flexibility index (Phi) is 2.12. The molecule has 0 spiro atoms. The van der Waals surface area contributed by atoms with Crippen molar-refractivity contribution in [3.63, 3.8) is 0 Å². The van der Waals surface area contributed by atoms with Gasteiger partial charge >= 0.3 is 0 Å². The van der Waals surface area contributed by atoms with Gasteiger partial charge in [-0.3, -0.25) is 20.2 Å². The van der Waals surface area contributed by atoms with Gasteiger partial charge in [0.2, 0.25) is 11.1 Å². The zero-order valence-corrected chi connectivity index (χ0v) is 10.6. The molecule has 0 amide bonds. The van der Waals surface area contributed by atoms with Crippen molar-refractivity contribution < 1.29 is 9.85 Å². The van der Waals surface area contributed by atoms with Gasteiger partial charge in [-0.15, -0.1) is 0 Å². The maximum atomic E-state index is 11.5. The number of nitrogens with zero attached hydrogens (tertiary/aromatic N) is 2. The van der Waals surface area contributed by atoms with Gasteiger partial charge in [0.15, 0.2) is 0 Å². The third-order valence-corrected chi connectivity index (χ3v) is 5.65. The molecule has 6 nitrogen and oxygen atoms in total. The number of nitro groups is 2. The summed E-state index contributed by atoms with van der Waals surface area (Å²) in [5.74, 6) is 0.178. The van der Waals surface area contributed by atoms with Crippen LogP contribution in [0.25, 0.3) is 0 Å². The van der Waals surface area contributed by atoms with Crippen LogP contribution >= 0.6 is 0 Å². The van der Waals surface area contributed by atoms with Crippen molar-refractivity contribution in [1.82, 2.24) is 0 Å². The molecular weight excluding hydrogens is 236 g/mol. The standard InChI is InChI=1S/C12H18N2O4/c1-2-10-3-9-4-11(6-10,13(15)16)8-12(5-9,7-10)14(17)18/h9H,2-8H2,1H3. The molecule has 0 aromatic rings. The van der Waals surface area contributed by atoms with Gasteiger partial charge in [-0.25, -0.2) is 0 Å². The van der Waals surface area contributed by atoms with Gasteiger partial charge in [0, 0.05) is 35.5 Å². The average molecular weight is 254 g/mol. The molecule has 4 saturated carbocycles. The van der Waals surface area contributed by atoms with E-state index >= 15 is 0 Å². The Balaban J connectivity index is 2.09. The zero-order chi connectivity index (χ0) is 13.2. The second kappa shape index (κ2) is 3.22. The van der Waals surface area contributed by atoms with Gasteiger partial charge in [-0.05, 0) is 24.2 Å². The Morgan fingerprint density at radius 2 is 1.50 bits per heavy atom. The van der Waals surface area contributed by atoms with E-state index in [1.807, 2.05) is 6.92 Å². The van der Waals surface area contributed by atoms with Gasteiger partial charge in [0.1, 0.15) is 0 Å². The first-order chi connectivity index (χ1) is 8.35. The predicted octanol–water partition coefficient (Wildman–Crippen LogP) is 2.41. The summed E-state index contributed by atoms with van der Waals surface area (Å²) in [6.45, 7) is 2.02. The van der Waals surface area contributed by atoms with Crippen LogP contribution in [0.1, 0.15) is 51.9 Å². The smallest absolute Gasteiger partial charge is 0.229 e. The summed E-state index contributed by atoms with van der Waals surface area (Å²) in [5.41, 5.74) is -2.18. The Hall–Kier alpha value is -1.20. The molecule has 18 heavy (non-hydrogen) atoms. The molecule has 4 aliphatic rings. The van der Waals surface area contributed by atoms with Crippen molar-refractivity contribution in [1.29, 1.82) is 0 Å². The summed E-state index contributed by atoms with van der Waals surface area (Å²) >= 11 is 0. The first kappa shape index (κ1) is 11.9. The van der Waals surface area contributed by atoms with Crippen molar-refractivity contribution in [2.45, 2.75) is 62.9 Å². The highest BCUT2D eigenvalue weighted by molar-refractivity contribution is 5.14. The van der Waals surface area contributed by atoms with Crippen LogP contribution in [-0.2, 0) is 0 Å². The molecule has 0 radical (unpaired) electrons. The molecule has 100 valence electrons. The molecule has 0 heterocycles. The Labute approximate surface area is 105 Å². The van der Waals surface area contributed by atoms with E-state index in [0.29, 0.717) is 25.7 Å². The molecule has 4 bridgehead atoms. The molecule has 4 rings (SSSR count). The van der Waals surface area contributed by atoms with E-state index in [1.54, 1.807) is 0 Å². The van der Waals surface area contributed by atoms with Crippen molar-refractivity contribution in [2.24, 2.45) is 11.3 Å². The van der Waals surface area contributed by atoms with E-state index in [0.717, 1.165) is 12.8 Å². The highest BCUT2D eigenvalue weighted by Gasteiger charge is 2.73. The summed E-state index contributed by atoms with van der Waals surface area (Å²) < 4.78 is 0. The summed E-state index contributed by atoms with van der Waals surface area (Å²) in [5, 5.41) is 22.9. The van der Waals surface area contributed by atoms with Crippen molar-refractivity contribution >= 4 is 0 Å². The van der Waals surface area contributed by atoms with Crippen LogP contribution in [0, 0.1) is 31.6 Å².